The van der Waals surface area contributed by atoms with Gasteiger partial charge in [0.2, 0.25) is 11.9 Å². The summed E-state index contributed by atoms with van der Waals surface area (Å²) in [4.78, 5) is 19.8. The van der Waals surface area contributed by atoms with Gasteiger partial charge in [-0.2, -0.15) is 160 Å². The van der Waals surface area contributed by atoms with Gasteiger partial charge in [0.15, 0.2) is 26.4 Å². The first-order chi connectivity index (χ1) is 41.4. The summed E-state index contributed by atoms with van der Waals surface area (Å²) in [5.41, 5.74) is -3.65. The molecule has 0 amide bonds. The summed E-state index contributed by atoms with van der Waals surface area (Å²) in [5.74, 6) is -76.8. The molecule has 0 N–H and O–H groups in total. The predicted octanol–water partition coefficient (Wildman–Crippen LogP) is 15.2. The van der Waals surface area contributed by atoms with E-state index in [1.54, 1.807) is 0 Å². The van der Waals surface area contributed by atoms with Gasteiger partial charge in [0, 0.05) is 37.0 Å². The molecular formula is C48H46F32N8O4. The Morgan fingerprint density at radius 3 is 0.728 bits per heavy atom. The molecule has 92 heavy (non-hydrogen) atoms. The van der Waals surface area contributed by atoms with E-state index in [9.17, 15) is 87.8 Å². The van der Waals surface area contributed by atoms with Gasteiger partial charge in [-0.05, 0) is 113 Å². The van der Waals surface area contributed by atoms with Crippen LogP contribution in [0.2, 0.25) is 0 Å². The molecule has 8 saturated carbocycles. The first-order valence-corrected chi connectivity index (χ1v) is 27.1. The zero-order valence-electron chi connectivity index (χ0n) is 45.9. The Labute approximate surface area is 494 Å². The van der Waals surface area contributed by atoms with Crippen molar-refractivity contribution in [3.05, 3.63) is 0 Å². The first-order valence-electron chi connectivity index (χ1n) is 27.1. The summed E-state index contributed by atoms with van der Waals surface area (Å²) < 4.78 is 475. The summed E-state index contributed by atoms with van der Waals surface area (Å²) in [6, 6.07) is -7.93. The summed E-state index contributed by atoms with van der Waals surface area (Å²) >= 11 is 0. The van der Waals surface area contributed by atoms with Crippen LogP contribution in [0.25, 0.3) is 0 Å². The first kappa shape index (κ1) is 72.4. The summed E-state index contributed by atoms with van der Waals surface area (Å²) in [6.45, 7) is -15.7. The minimum Gasteiger partial charge on any atom is -0.457 e. The number of nitrogens with zero attached hydrogens (tertiary/aromatic N) is 8. The monoisotopic (exact) mass is 1410 g/mol. The third-order valence-electron chi connectivity index (χ3n) is 17.3. The summed E-state index contributed by atoms with van der Waals surface area (Å²) in [5, 5.41) is 0. The van der Waals surface area contributed by atoms with Crippen LogP contribution in [0.1, 0.15) is 89.9 Å². The van der Waals surface area contributed by atoms with Crippen LogP contribution in [0.5, 0.6) is 24.0 Å². The lowest BCUT2D eigenvalue weighted by molar-refractivity contribution is -0.396. The molecule has 44 heteroatoms. The topological polar surface area (TPSA) is 121 Å². The molecule has 0 saturated heterocycles. The molecule has 8 bridgehead atoms. The lowest BCUT2D eigenvalue weighted by Gasteiger charge is -2.60. The fourth-order valence-electron chi connectivity index (χ4n) is 13.9. The molecule has 0 aromatic carbocycles. The van der Waals surface area contributed by atoms with Gasteiger partial charge in [-0.1, -0.05) is 0 Å². The highest BCUT2D eigenvalue weighted by Gasteiger charge is 2.84. The molecule has 0 unspecified atom stereocenters. The second kappa shape index (κ2) is 23.2. The van der Waals surface area contributed by atoms with Gasteiger partial charge in [-0.15, -0.1) is 9.97 Å². The van der Waals surface area contributed by atoms with Crippen LogP contribution >= 0.6 is 0 Å². The normalized spacial score (nSPS) is 26.2. The molecule has 0 atom stereocenters. The van der Waals surface area contributed by atoms with Crippen molar-refractivity contribution in [1.29, 1.82) is 0 Å². The van der Waals surface area contributed by atoms with E-state index in [-0.39, 0.29) is 38.5 Å². The maximum absolute atomic E-state index is 15.6. The van der Waals surface area contributed by atoms with Crippen LogP contribution in [0.15, 0.2) is 0 Å². The molecule has 0 spiro atoms. The van der Waals surface area contributed by atoms with Crippen LogP contribution < -0.4 is 28.7 Å². The highest BCUT2D eigenvalue weighted by Crippen LogP contribution is 2.62. The summed E-state index contributed by atoms with van der Waals surface area (Å²) in [6.07, 6.45) is -30.5. The molecule has 12 nitrogen and oxygen atoms in total. The summed E-state index contributed by atoms with van der Waals surface area (Å²) in [7, 11) is 0. The van der Waals surface area contributed by atoms with Gasteiger partial charge >= 0.3 is 108 Å². The van der Waals surface area contributed by atoms with Gasteiger partial charge < -0.3 is 28.7 Å². The molecule has 2 aromatic rings. The van der Waals surface area contributed by atoms with Crippen molar-refractivity contribution < 1.29 is 159 Å². The minimum atomic E-state index is -7.57. The minimum absolute atomic E-state index is 0.256. The molecule has 8 aliphatic carbocycles. The lowest BCUT2D eigenvalue weighted by Crippen LogP contribution is -2.65. The van der Waals surface area contributed by atoms with E-state index < -0.39 is 219 Å². The van der Waals surface area contributed by atoms with Gasteiger partial charge in [-0.25, -0.2) is 0 Å². The van der Waals surface area contributed by atoms with E-state index in [0.29, 0.717) is 48.3 Å². The zero-order valence-corrected chi connectivity index (χ0v) is 45.9. The van der Waals surface area contributed by atoms with Crippen molar-refractivity contribution in [3.63, 3.8) is 0 Å². The Morgan fingerprint density at radius 1 is 0.293 bits per heavy atom. The fraction of sp³-hybridized carbons (Fsp3) is 0.875. The van der Waals surface area contributed by atoms with E-state index in [1.165, 1.54) is 0 Å². The smallest absolute Gasteiger partial charge is 0.457 e. The maximum Gasteiger partial charge on any atom is 0.460 e. The third-order valence-corrected chi connectivity index (χ3v) is 17.3. The number of halogens is 32. The van der Waals surface area contributed by atoms with Gasteiger partial charge in [-0.3, -0.25) is 0 Å². The van der Waals surface area contributed by atoms with Crippen LogP contribution in [0, 0.1) is 35.5 Å². The molecule has 2 aromatic heterocycles. The number of hydrogen-bond acceptors (Lipinski definition) is 12. The van der Waals surface area contributed by atoms with Gasteiger partial charge in [0.25, 0.3) is 0 Å². The molecular weight excluding hydrogens is 1360 g/mol. The van der Waals surface area contributed by atoms with E-state index in [1.807, 2.05) is 0 Å². The molecule has 2 heterocycles. The standard InChI is InChI=1S/C48H46F32N8O4/c49-35(50,41(63,64)45(71,72)47(75,76)77)1-3-87(33-11-21-5-22(12-33)7-23(6-21)13-33)27-81-29(85-31(83-27)91-19-39(57,58)59)89-17-37(53,54)43(67,68)44(69,70)38(55,56)18-90-30-82-28(84-32(86-30)92-20-40(60,61)62)88(34-14-24-8-25(15-34)10-26(9-24)16-34)4-2-36(51,52)42(65,66)46(73,74)48(78,79)80/h21-26H,1-20H2. The van der Waals surface area contributed by atoms with E-state index in [0.717, 1.165) is 0 Å². The number of alkyl halides is 32. The van der Waals surface area contributed by atoms with Crippen molar-refractivity contribution in [2.75, 3.05) is 49.3 Å². The average molecular weight is 1410 g/mol. The molecule has 0 radical (unpaired) electrons. The molecule has 8 fully saturated rings. The van der Waals surface area contributed by atoms with Gasteiger partial charge in [0.1, 0.15) is 0 Å². The van der Waals surface area contributed by atoms with Crippen molar-refractivity contribution in [2.45, 2.75) is 185 Å². The average Bonchev–Trinajstić information content (AvgIpc) is 0.744. The fourth-order valence-corrected chi connectivity index (χ4v) is 13.9. The second-order valence-corrected chi connectivity index (χ2v) is 24.1. The molecule has 10 rings (SSSR count). The van der Waals surface area contributed by atoms with E-state index in [4.69, 9.17) is 0 Å². The Morgan fingerprint density at radius 2 is 0.511 bits per heavy atom. The largest absolute Gasteiger partial charge is 0.460 e. The highest BCUT2D eigenvalue weighted by atomic mass is 19.4. The number of hydrogen-bond donors (Lipinski definition) is 0. The Balaban J connectivity index is 1.09. The molecule has 0 aliphatic heterocycles. The highest BCUT2D eigenvalue weighted by molar-refractivity contribution is 5.41. The Hall–Kier alpha value is -5.42. The lowest BCUT2D eigenvalue weighted by atomic mass is 9.52. The number of rotatable bonds is 27. The van der Waals surface area contributed by atoms with Crippen LogP contribution in [0.4, 0.5) is 152 Å². The van der Waals surface area contributed by atoms with Crippen molar-refractivity contribution in [3.8, 4) is 24.0 Å². The Kier molecular flexibility index (Phi) is 18.2. The number of ether oxygens (including phenoxy) is 4. The van der Waals surface area contributed by atoms with Crippen LogP contribution in [0.3, 0.4) is 0 Å². The van der Waals surface area contributed by atoms with Crippen molar-refractivity contribution in [2.24, 2.45) is 35.5 Å². The SMILES string of the molecule is FC(F)(F)COc1nc(OCC(F)(F)C(F)(F)C(F)(F)C(F)(F)COc2nc(OCC(F)(F)F)nc(N(CCC(F)(F)C(F)(F)C(F)(F)C(F)(F)F)C34CC5CC(CC(C5)C3)C4)n2)nc(N(CCC(F)(F)C(F)(F)C(F)(F)C(F)(F)F)C23CC4CC(CC(C4)C2)C3)n1. The Bertz CT molecular complexity index is 2690. The van der Waals surface area contributed by atoms with E-state index in [2.05, 4.69) is 48.9 Å². The van der Waals surface area contributed by atoms with Crippen molar-refractivity contribution >= 4 is 11.9 Å². The second-order valence-electron chi connectivity index (χ2n) is 24.1. The molecule has 8 aliphatic rings. The van der Waals surface area contributed by atoms with Crippen molar-refractivity contribution in [1.82, 2.24) is 29.9 Å². The van der Waals surface area contributed by atoms with Crippen LogP contribution in [-0.4, -0.2) is 164 Å². The predicted molar refractivity (Wildman–Crippen MR) is 241 cm³/mol. The van der Waals surface area contributed by atoms with Crippen LogP contribution in [-0.2, 0) is 0 Å². The van der Waals surface area contributed by atoms with E-state index >= 15 is 52.7 Å². The zero-order chi connectivity index (χ0) is 69.3. The number of aromatic nitrogens is 6. The quantitative estimate of drug-likeness (QED) is 0.0792. The third kappa shape index (κ3) is 13.5. The maximum atomic E-state index is 15.6. The molecule has 526 valence electrons. The number of anilines is 2. The van der Waals surface area contributed by atoms with Gasteiger partial charge in [0.05, 0.1) is 0 Å².